The molecule has 0 aliphatic carbocycles. The fraction of sp³-hybridized carbons (Fsp3) is 0.273. The van der Waals surface area contributed by atoms with E-state index in [-0.39, 0.29) is 12.5 Å². The maximum atomic E-state index is 12.8. The second kappa shape index (κ2) is 8.54. The Hall–Kier alpha value is -3.08. The lowest BCUT2D eigenvalue weighted by Crippen LogP contribution is -2.35. The van der Waals surface area contributed by atoms with Crippen LogP contribution in [-0.2, 0) is 11.3 Å². The molecule has 0 N–H and O–H groups in total. The van der Waals surface area contributed by atoms with Gasteiger partial charge < -0.3 is 9.15 Å². The molecular weight excluding hydrogens is 340 g/mol. The largest absolute Gasteiger partial charge is 0.484 e. The Labute approximate surface area is 159 Å². The first-order valence-electron chi connectivity index (χ1n) is 9.02. The molecule has 0 bridgehead atoms. The van der Waals surface area contributed by atoms with Crippen LogP contribution < -0.4 is 9.64 Å². The number of rotatable bonds is 7. The van der Waals surface area contributed by atoms with Gasteiger partial charge in [0.1, 0.15) is 23.1 Å². The molecule has 0 saturated heterocycles. The molecule has 0 unspecified atom stereocenters. The Bertz CT molecular complexity index is 870. The molecule has 2 aromatic heterocycles. The molecule has 5 heteroatoms. The van der Waals surface area contributed by atoms with Crippen molar-refractivity contribution in [2.24, 2.45) is 0 Å². The third kappa shape index (κ3) is 4.97. The maximum Gasteiger partial charge on any atom is 0.266 e. The smallest absolute Gasteiger partial charge is 0.266 e. The van der Waals surface area contributed by atoms with Crippen molar-refractivity contribution in [3.63, 3.8) is 0 Å². The summed E-state index contributed by atoms with van der Waals surface area (Å²) >= 11 is 0. The van der Waals surface area contributed by atoms with E-state index < -0.39 is 0 Å². The van der Waals surface area contributed by atoms with E-state index in [2.05, 4.69) is 18.8 Å². The number of ether oxygens (including phenoxy) is 1. The molecule has 5 nitrogen and oxygen atoms in total. The van der Waals surface area contributed by atoms with Crippen molar-refractivity contribution in [3.8, 4) is 5.75 Å². The molecule has 0 saturated carbocycles. The van der Waals surface area contributed by atoms with Crippen molar-refractivity contribution in [2.45, 2.75) is 33.2 Å². The second-order valence-corrected chi connectivity index (χ2v) is 6.69. The highest BCUT2D eigenvalue weighted by molar-refractivity contribution is 5.93. The second-order valence-electron chi connectivity index (χ2n) is 6.69. The highest BCUT2D eigenvalue weighted by atomic mass is 16.5. The van der Waals surface area contributed by atoms with Crippen molar-refractivity contribution < 1.29 is 13.9 Å². The molecule has 0 aliphatic rings. The number of aromatic nitrogens is 1. The summed E-state index contributed by atoms with van der Waals surface area (Å²) < 4.78 is 11.3. The average Bonchev–Trinajstić information content (AvgIpc) is 3.10. The molecule has 140 valence electrons. The standard InChI is InChI=1S/C22H24N2O3/c1-16(2)18-8-11-19(12-9-18)26-15-22(25)24(21-6-4-5-13-23-21)14-20-10-7-17(3)27-20/h4-13,16H,14-15H2,1-3H3. The van der Waals surface area contributed by atoms with Crippen LogP contribution in [0.3, 0.4) is 0 Å². The van der Waals surface area contributed by atoms with Crippen molar-refractivity contribution in [2.75, 3.05) is 11.5 Å². The average molecular weight is 364 g/mol. The number of hydrogen-bond acceptors (Lipinski definition) is 4. The third-order valence-corrected chi connectivity index (χ3v) is 4.25. The number of pyridine rings is 1. The normalized spacial score (nSPS) is 10.8. The number of aryl methyl sites for hydroxylation is 1. The molecule has 0 atom stereocenters. The van der Waals surface area contributed by atoms with Crippen LogP contribution in [0.2, 0.25) is 0 Å². The van der Waals surface area contributed by atoms with Crippen LogP contribution in [0.4, 0.5) is 5.82 Å². The zero-order chi connectivity index (χ0) is 19.2. The number of carbonyl (C=O) groups is 1. The zero-order valence-electron chi connectivity index (χ0n) is 15.9. The minimum Gasteiger partial charge on any atom is -0.484 e. The molecule has 27 heavy (non-hydrogen) atoms. The van der Waals surface area contributed by atoms with Crippen molar-refractivity contribution >= 4 is 11.7 Å². The highest BCUT2D eigenvalue weighted by Gasteiger charge is 2.19. The molecule has 3 rings (SSSR count). The number of amides is 1. The lowest BCUT2D eigenvalue weighted by atomic mass is 10.0. The van der Waals surface area contributed by atoms with Crippen LogP contribution in [0.1, 0.15) is 36.8 Å². The van der Waals surface area contributed by atoms with Gasteiger partial charge in [-0.2, -0.15) is 0 Å². The maximum absolute atomic E-state index is 12.8. The summed E-state index contributed by atoms with van der Waals surface area (Å²) in [5, 5.41) is 0. The van der Waals surface area contributed by atoms with Gasteiger partial charge >= 0.3 is 0 Å². The first-order chi connectivity index (χ1) is 13.0. The Morgan fingerprint density at radius 3 is 2.48 bits per heavy atom. The number of nitrogens with zero attached hydrogens (tertiary/aromatic N) is 2. The number of benzene rings is 1. The topological polar surface area (TPSA) is 55.6 Å². The predicted octanol–water partition coefficient (Wildman–Crippen LogP) is 4.72. The molecule has 0 radical (unpaired) electrons. The van der Waals surface area contributed by atoms with Gasteiger partial charge in [-0.3, -0.25) is 9.69 Å². The van der Waals surface area contributed by atoms with Gasteiger partial charge in [-0.1, -0.05) is 32.0 Å². The van der Waals surface area contributed by atoms with E-state index in [0.717, 1.165) is 5.76 Å². The summed E-state index contributed by atoms with van der Waals surface area (Å²) in [6.07, 6.45) is 1.66. The predicted molar refractivity (Wildman–Crippen MR) is 105 cm³/mol. The summed E-state index contributed by atoms with van der Waals surface area (Å²) in [6, 6.07) is 17.0. The van der Waals surface area contributed by atoms with Crippen LogP contribution in [0.15, 0.2) is 65.2 Å². The van der Waals surface area contributed by atoms with Crippen LogP contribution in [-0.4, -0.2) is 17.5 Å². The van der Waals surface area contributed by atoms with E-state index in [1.54, 1.807) is 17.2 Å². The number of anilines is 1. The van der Waals surface area contributed by atoms with E-state index in [4.69, 9.17) is 9.15 Å². The van der Waals surface area contributed by atoms with Gasteiger partial charge in [0.2, 0.25) is 0 Å². The molecule has 0 spiro atoms. The Balaban J connectivity index is 1.70. The van der Waals surface area contributed by atoms with Crippen LogP contribution in [0, 0.1) is 6.92 Å². The van der Waals surface area contributed by atoms with Gasteiger partial charge in [-0.15, -0.1) is 0 Å². The summed E-state index contributed by atoms with van der Waals surface area (Å²) in [7, 11) is 0. The Kier molecular flexibility index (Phi) is 5.91. The highest BCUT2D eigenvalue weighted by Crippen LogP contribution is 2.20. The molecule has 2 heterocycles. The van der Waals surface area contributed by atoms with Gasteiger partial charge in [0, 0.05) is 6.20 Å². The number of carbonyl (C=O) groups excluding carboxylic acids is 1. The number of hydrogen-bond donors (Lipinski definition) is 0. The van der Waals surface area contributed by atoms with Gasteiger partial charge in [-0.25, -0.2) is 4.98 Å². The lowest BCUT2D eigenvalue weighted by molar-refractivity contribution is -0.120. The van der Waals surface area contributed by atoms with Crippen LogP contribution in [0.25, 0.3) is 0 Å². The summed E-state index contributed by atoms with van der Waals surface area (Å²) in [5.41, 5.74) is 1.23. The fourth-order valence-corrected chi connectivity index (χ4v) is 2.71. The molecule has 0 aliphatic heterocycles. The third-order valence-electron chi connectivity index (χ3n) is 4.25. The van der Waals surface area contributed by atoms with Crippen molar-refractivity contribution in [1.82, 2.24) is 4.98 Å². The minimum absolute atomic E-state index is 0.0721. The van der Waals surface area contributed by atoms with Crippen LogP contribution in [0.5, 0.6) is 5.75 Å². The van der Waals surface area contributed by atoms with Crippen molar-refractivity contribution in [3.05, 3.63) is 77.9 Å². The van der Waals surface area contributed by atoms with Crippen molar-refractivity contribution in [1.29, 1.82) is 0 Å². The SMILES string of the molecule is Cc1ccc(CN(C(=O)COc2ccc(C(C)C)cc2)c2ccccn2)o1. The first-order valence-corrected chi connectivity index (χ1v) is 9.02. The van der Waals surface area contributed by atoms with E-state index in [1.165, 1.54) is 5.56 Å². The van der Waals surface area contributed by atoms with E-state index in [9.17, 15) is 4.79 Å². The zero-order valence-corrected chi connectivity index (χ0v) is 15.9. The quantitative estimate of drug-likeness (QED) is 0.609. The van der Waals surface area contributed by atoms with Gasteiger partial charge in [-0.05, 0) is 54.8 Å². The number of furan rings is 1. The summed E-state index contributed by atoms with van der Waals surface area (Å²) in [5.74, 6) is 3.01. The van der Waals surface area contributed by atoms with Gasteiger partial charge in [0.25, 0.3) is 5.91 Å². The molecule has 1 amide bonds. The molecule has 0 fully saturated rings. The van der Waals surface area contributed by atoms with E-state index >= 15 is 0 Å². The Morgan fingerprint density at radius 2 is 1.89 bits per heavy atom. The summed E-state index contributed by atoms with van der Waals surface area (Å²) in [4.78, 5) is 18.7. The minimum atomic E-state index is -0.185. The van der Waals surface area contributed by atoms with E-state index in [1.807, 2.05) is 55.5 Å². The van der Waals surface area contributed by atoms with E-state index in [0.29, 0.717) is 29.8 Å². The molecular formula is C22H24N2O3. The monoisotopic (exact) mass is 364 g/mol. The fourth-order valence-electron chi connectivity index (χ4n) is 2.71. The molecule has 1 aromatic carbocycles. The summed E-state index contributed by atoms with van der Waals surface area (Å²) in [6.45, 7) is 6.39. The Morgan fingerprint density at radius 1 is 1.11 bits per heavy atom. The van der Waals surface area contributed by atoms with Crippen LogP contribution >= 0.6 is 0 Å². The lowest BCUT2D eigenvalue weighted by Gasteiger charge is -2.21. The molecule has 3 aromatic rings. The van der Waals surface area contributed by atoms with Gasteiger partial charge in [0.15, 0.2) is 6.61 Å². The van der Waals surface area contributed by atoms with Gasteiger partial charge in [0.05, 0.1) is 6.54 Å². The first kappa shape index (κ1) is 18.7.